The summed E-state index contributed by atoms with van der Waals surface area (Å²) in [5, 5.41) is 0. The Labute approximate surface area is 106 Å². The topological polar surface area (TPSA) is 26.3 Å². The standard InChI is InChI=1S/C10H15F5O2S/c1-17-8(16)7-18-6-4-2-3-5-9(11,12)10(13,14)15/h2-7H2,1H3. The molecule has 0 heterocycles. The van der Waals surface area contributed by atoms with Crippen molar-refractivity contribution in [3.8, 4) is 0 Å². The lowest BCUT2D eigenvalue weighted by atomic mass is 10.1. The summed E-state index contributed by atoms with van der Waals surface area (Å²) in [6, 6.07) is 0. The van der Waals surface area contributed by atoms with Gasteiger partial charge in [0.2, 0.25) is 0 Å². The molecule has 0 spiro atoms. The first kappa shape index (κ1) is 17.5. The van der Waals surface area contributed by atoms with Gasteiger partial charge in [0.25, 0.3) is 0 Å². The lowest BCUT2D eigenvalue weighted by molar-refractivity contribution is -0.284. The Hall–Kier alpha value is -0.530. The van der Waals surface area contributed by atoms with Gasteiger partial charge in [-0.1, -0.05) is 6.42 Å². The van der Waals surface area contributed by atoms with Gasteiger partial charge in [-0.25, -0.2) is 0 Å². The minimum Gasteiger partial charge on any atom is -0.468 e. The van der Waals surface area contributed by atoms with Gasteiger partial charge in [0.05, 0.1) is 12.9 Å². The highest BCUT2D eigenvalue weighted by molar-refractivity contribution is 7.99. The van der Waals surface area contributed by atoms with Crippen LogP contribution in [0.15, 0.2) is 0 Å². The maximum atomic E-state index is 12.5. The molecule has 0 fully saturated rings. The maximum Gasteiger partial charge on any atom is 0.453 e. The molecule has 0 bridgehead atoms. The van der Waals surface area contributed by atoms with Crippen molar-refractivity contribution in [3.05, 3.63) is 0 Å². The van der Waals surface area contributed by atoms with E-state index in [0.717, 1.165) is 0 Å². The molecule has 0 aromatic rings. The minimum absolute atomic E-state index is 0.162. The zero-order valence-corrected chi connectivity index (χ0v) is 10.7. The van der Waals surface area contributed by atoms with Gasteiger partial charge in [-0.3, -0.25) is 4.79 Å². The third-order valence-electron chi connectivity index (χ3n) is 2.14. The van der Waals surface area contributed by atoms with E-state index in [4.69, 9.17) is 0 Å². The minimum atomic E-state index is -5.47. The quantitative estimate of drug-likeness (QED) is 0.388. The van der Waals surface area contributed by atoms with Crippen LogP contribution in [0.4, 0.5) is 22.0 Å². The molecule has 0 aliphatic rings. The molecule has 0 atom stereocenters. The summed E-state index contributed by atoms with van der Waals surface area (Å²) in [5.41, 5.74) is 0. The average Bonchev–Trinajstić information content (AvgIpc) is 2.25. The van der Waals surface area contributed by atoms with Gasteiger partial charge < -0.3 is 4.74 Å². The number of carbonyl (C=O) groups excluding carboxylic acids is 1. The van der Waals surface area contributed by atoms with Crippen LogP contribution in [-0.4, -0.2) is 36.7 Å². The smallest absolute Gasteiger partial charge is 0.453 e. The maximum absolute atomic E-state index is 12.5. The molecule has 2 nitrogen and oxygen atoms in total. The van der Waals surface area contributed by atoms with Crippen LogP contribution in [0, 0.1) is 0 Å². The molecule has 0 unspecified atom stereocenters. The van der Waals surface area contributed by atoms with Gasteiger partial charge in [0.1, 0.15) is 0 Å². The Morgan fingerprint density at radius 2 is 1.72 bits per heavy atom. The van der Waals surface area contributed by atoms with Crippen molar-refractivity contribution >= 4 is 17.7 Å². The van der Waals surface area contributed by atoms with E-state index in [9.17, 15) is 26.7 Å². The molecule has 0 aromatic heterocycles. The third kappa shape index (κ3) is 7.03. The van der Waals surface area contributed by atoms with Crippen LogP contribution in [-0.2, 0) is 9.53 Å². The predicted octanol–water partition coefficient (Wildman–Crippen LogP) is 3.65. The normalized spacial score (nSPS) is 12.6. The summed E-state index contributed by atoms with van der Waals surface area (Å²) in [7, 11) is 1.25. The molecule has 108 valence electrons. The van der Waals surface area contributed by atoms with Crippen LogP contribution in [0.25, 0.3) is 0 Å². The molecule has 0 aliphatic heterocycles. The Morgan fingerprint density at radius 1 is 1.11 bits per heavy atom. The number of hydrogen-bond donors (Lipinski definition) is 0. The predicted molar refractivity (Wildman–Crippen MR) is 58.8 cm³/mol. The van der Waals surface area contributed by atoms with Crippen LogP contribution in [0.3, 0.4) is 0 Å². The van der Waals surface area contributed by atoms with E-state index in [1.54, 1.807) is 0 Å². The van der Waals surface area contributed by atoms with Crippen molar-refractivity contribution in [1.82, 2.24) is 0 Å². The monoisotopic (exact) mass is 294 g/mol. The molecule has 18 heavy (non-hydrogen) atoms. The summed E-state index contributed by atoms with van der Waals surface area (Å²) < 4.78 is 64.7. The number of halogens is 5. The summed E-state index contributed by atoms with van der Waals surface area (Å²) >= 11 is 1.27. The number of carbonyl (C=O) groups is 1. The lowest BCUT2D eigenvalue weighted by Gasteiger charge is -2.19. The molecule has 0 saturated carbocycles. The SMILES string of the molecule is COC(=O)CSCCCCCC(F)(F)C(F)(F)F. The van der Waals surface area contributed by atoms with Gasteiger partial charge in [-0.15, -0.1) is 0 Å². The molecule has 0 rings (SSSR count). The van der Waals surface area contributed by atoms with E-state index in [0.29, 0.717) is 12.2 Å². The molecular weight excluding hydrogens is 279 g/mol. The van der Waals surface area contributed by atoms with Crippen LogP contribution >= 0.6 is 11.8 Å². The number of methoxy groups -OCH3 is 1. The number of hydrogen-bond acceptors (Lipinski definition) is 3. The Balaban J connectivity index is 3.55. The first-order valence-electron chi connectivity index (χ1n) is 5.30. The van der Waals surface area contributed by atoms with E-state index in [-0.39, 0.29) is 24.6 Å². The lowest BCUT2D eigenvalue weighted by Crippen LogP contribution is -2.36. The fourth-order valence-electron chi connectivity index (χ4n) is 1.08. The average molecular weight is 294 g/mol. The molecule has 0 saturated heterocycles. The van der Waals surface area contributed by atoms with Crippen LogP contribution in [0.1, 0.15) is 25.7 Å². The highest BCUT2D eigenvalue weighted by Crippen LogP contribution is 2.39. The van der Waals surface area contributed by atoms with E-state index in [1.807, 2.05) is 0 Å². The van der Waals surface area contributed by atoms with Crippen LogP contribution in [0.2, 0.25) is 0 Å². The zero-order chi connectivity index (χ0) is 14.2. The molecule has 0 amide bonds. The molecule has 0 aliphatic carbocycles. The van der Waals surface area contributed by atoms with Gasteiger partial charge in [-0.2, -0.15) is 33.7 Å². The second-order valence-corrected chi connectivity index (χ2v) is 4.75. The van der Waals surface area contributed by atoms with Crippen molar-refractivity contribution in [2.24, 2.45) is 0 Å². The fraction of sp³-hybridized carbons (Fsp3) is 0.900. The van der Waals surface area contributed by atoms with Gasteiger partial charge in [0, 0.05) is 6.42 Å². The highest BCUT2D eigenvalue weighted by atomic mass is 32.2. The van der Waals surface area contributed by atoms with Crippen LogP contribution < -0.4 is 0 Å². The summed E-state index contributed by atoms with van der Waals surface area (Å²) in [6.07, 6.45) is -6.06. The summed E-state index contributed by atoms with van der Waals surface area (Å²) in [4.78, 5) is 10.7. The van der Waals surface area contributed by atoms with E-state index >= 15 is 0 Å². The number of ether oxygens (including phenoxy) is 1. The number of unbranched alkanes of at least 4 members (excludes halogenated alkanes) is 2. The first-order valence-corrected chi connectivity index (χ1v) is 6.45. The molecule has 0 aromatic carbocycles. The highest BCUT2D eigenvalue weighted by Gasteiger charge is 2.56. The summed E-state index contributed by atoms with van der Waals surface area (Å²) in [6.45, 7) is 0. The Bertz CT molecular complexity index is 255. The molecule has 0 radical (unpaired) electrons. The molecule has 0 N–H and O–H groups in total. The second kappa shape index (κ2) is 7.81. The largest absolute Gasteiger partial charge is 0.468 e. The summed E-state index contributed by atoms with van der Waals surface area (Å²) in [5.74, 6) is -4.29. The zero-order valence-electron chi connectivity index (χ0n) is 9.86. The van der Waals surface area contributed by atoms with Gasteiger partial charge >= 0.3 is 18.1 Å². The van der Waals surface area contributed by atoms with E-state index in [2.05, 4.69) is 4.74 Å². The van der Waals surface area contributed by atoms with Crippen molar-refractivity contribution in [2.75, 3.05) is 18.6 Å². The number of alkyl halides is 5. The number of thioether (sulfide) groups is 1. The fourth-order valence-corrected chi connectivity index (χ4v) is 1.92. The van der Waals surface area contributed by atoms with Gasteiger partial charge in [0.15, 0.2) is 0 Å². The number of rotatable bonds is 8. The van der Waals surface area contributed by atoms with Crippen molar-refractivity contribution in [1.29, 1.82) is 0 Å². The molecule has 8 heteroatoms. The third-order valence-corrected chi connectivity index (χ3v) is 3.16. The van der Waals surface area contributed by atoms with Gasteiger partial charge in [-0.05, 0) is 18.6 Å². The van der Waals surface area contributed by atoms with Crippen molar-refractivity contribution in [2.45, 2.75) is 37.8 Å². The van der Waals surface area contributed by atoms with Crippen molar-refractivity contribution < 1.29 is 31.5 Å². The Morgan fingerprint density at radius 3 is 2.22 bits per heavy atom. The number of esters is 1. The van der Waals surface area contributed by atoms with Crippen LogP contribution in [0.5, 0.6) is 0 Å². The van der Waals surface area contributed by atoms with Crippen molar-refractivity contribution in [3.63, 3.8) is 0 Å². The second-order valence-electron chi connectivity index (χ2n) is 3.64. The van der Waals surface area contributed by atoms with E-state index < -0.39 is 18.5 Å². The first-order chi connectivity index (χ1) is 8.20. The Kier molecular flexibility index (Phi) is 7.58. The molecular formula is C10H15F5O2S. The van der Waals surface area contributed by atoms with E-state index in [1.165, 1.54) is 18.9 Å².